The molecule has 5 rings (SSSR count). The van der Waals surface area contributed by atoms with E-state index in [2.05, 4.69) is 130 Å². The Hall–Kier alpha value is -2.09. The topological polar surface area (TPSA) is 9.72 Å². The van der Waals surface area contributed by atoms with Crippen molar-refractivity contribution in [1.29, 1.82) is 0 Å². The molecule has 1 radical (unpaired) electrons. The second kappa shape index (κ2) is 10.1. The molecule has 0 bridgehead atoms. The molecule has 0 fully saturated rings. The van der Waals surface area contributed by atoms with Gasteiger partial charge >= 0.3 is 220 Å². The van der Waals surface area contributed by atoms with Gasteiger partial charge in [-0.2, -0.15) is 0 Å². The zero-order valence-corrected chi connectivity index (χ0v) is 24.0. The SMILES string of the molecule is CCCCN(CCCC)[P+]1([Se])N(C)c2ccc3ccccc3c2-c2c(ccc3ccccc23)N1C. The van der Waals surface area contributed by atoms with Crippen molar-refractivity contribution in [3.63, 3.8) is 0 Å². The first-order chi connectivity index (χ1) is 17.0. The van der Waals surface area contributed by atoms with Gasteiger partial charge in [-0.05, 0) is 0 Å². The second-order valence-corrected chi connectivity index (χ2v) is 15.5. The standard InChI is InChI=1S/C30H36N3PSe/c1-5-7-21-33(22-8-6-2)34(35)31(3)27-19-17-23-13-9-11-15-25(23)29(27)30-26-16-12-10-14-24(26)18-20-28(30)32(34)4/h9-20H,5-8,21-22H2,1-4H3/q+1. The normalized spacial score (nSPS) is 14.9. The van der Waals surface area contributed by atoms with Gasteiger partial charge in [0.15, 0.2) is 0 Å². The molecule has 1 aliphatic rings. The zero-order valence-electron chi connectivity index (χ0n) is 21.4. The van der Waals surface area contributed by atoms with Crippen LogP contribution in [0.1, 0.15) is 39.5 Å². The maximum absolute atomic E-state index is 3.82. The number of rotatable bonds is 7. The van der Waals surface area contributed by atoms with E-state index >= 15 is 0 Å². The van der Waals surface area contributed by atoms with E-state index in [1.54, 1.807) is 0 Å². The van der Waals surface area contributed by atoms with Crippen LogP contribution in [0.4, 0.5) is 11.4 Å². The fourth-order valence-electron chi connectivity index (χ4n) is 5.50. The molecule has 0 amide bonds. The third kappa shape index (κ3) is 4.05. The summed E-state index contributed by atoms with van der Waals surface area (Å²) in [6.07, 6.45) is 2.83. The van der Waals surface area contributed by atoms with Crippen LogP contribution in [0, 0.1) is 0 Å². The van der Waals surface area contributed by atoms with Gasteiger partial charge in [-0.3, -0.25) is 0 Å². The summed E-state index contributed by atoms with van der Waals surface area (Å²) in [6, 6.07) is 27.0. The zero-order chi connectivity index (χ0) is 24.6. The predicted molar refractivity (Wildman–Crippen MR) is 158 cm³/mol. The van der Waals surface area contributed by atoms with E-state index < -0.39 is 6.40 Å². The van der Waals surface area contributed by atoms with Crippen molar-refractivity contribution in [3.8, 4) is 11.1 Å². The molecule has 1 heterocycles. The predicted octanol–water partition coefficient (Wildman–Crippen LogP) is 8.29. The van der Waals surface area contributed by atoms with Crippen molar-refractivity contribution in [2.24, 2.45) is 0 Å². The molecule has 0 saturated heterocycles. The molecule has 35 heavy (non-hydrogen) atoms. The van der Waals surface area contributed by atoms with E-state index in [4.69, 9.17) is 0 Å². The quantitative estimate of drug-likeness (QED) is 0.170. The minimum atomic E-state index is -2.00. The summed E-state index contributed by atoms with van der Waals surface area (Å²) < 4.78 is 7.95. The van der Waals surface area contributed by atoms with Crippen molar-refractivity contribution in [2.75, 3.05) is 36.5 Å². The average molecular weight is 549 g/mol. The molecule has 0 atom stereocenters. The van der Waals surface area contributed by atoms with Gasteiger partial charge < -0.3 is 0 Å². The Morgan fingerprint density at radius 2 is 1.09 bits per heavy atom. The first-order valence-corrected chi connectivity index (χ1v) is 16.8. The molecule has 0 aromatic heterocycles. The Kier molecular flexibility index (Phi) is 7.11. The van der Waals surface area contributed by atoms with Gasteiger partial charge in [-0.1, -0.05) is 0 Å². The summed E-state index contributed by atoms with van der Waals surface area (Å²) in [4.78, 5) is 0. The molecule has 3 nitrogen and oxygen atoms in total. The van der Waals surface area contributed by atoms with Gasteiger partial charge in [-0.15, -0.1) is 0 Å². The molecule has 4 aromatic rings. The van der Waals surface area contributed by atoms with Gasteiger partial charge in [0.1, 0.15) is 0 Å². The first-order valence-electron chi connectivity index (χ1n) is 12.9. The molecule has 5 heteroatoms. The number of unbranched alkanes of at least 4 members (excludes halogenated alkanes) is 2. The molecule has 4 aromatic carbocycles. The summed E-state index contributed by atoms with van der Waals surface area (Å²) in [6.45, 7) is 6.81. The van der Waals surface area contributed by atoms with E-state index in [-0.39, 0.29) is 0 Å². The Labute approximate surface area is 219 Å². The van der Waals surface area contributed by atoms with Gasteiger partial charge in [0.05, 0.1) is 0 Å². The monoisotopic (exact) mass is 549 g/mol. The molecule has 181 valence electrons. The van der Waals surface area contributed by atoms with E-state index in [9.17, 15) is 0 Å². The van der Waals surface area contributed by atoms with Gasteiger partial charge in [0, 0.05) is 0 Å². The Balaban J connectivity index is 1.86. The van der Waals surface area contributed by atoms with Gasteiger partial charge in [-0.25, -0.2) is 0 Å². The van der Waals surface area contributed by atoms with Gasteiger partial charge in [0.2, 0.25) is 0 Å². The van der Waals surface area contributed by atoms with Gasteiger partial charge in [0.25, 0.3) is 0 Å². The van der Waals surface area contributed by atoms with E-state index in [0.29, 0.717) is 0 Å². The van der Waals surface area contributed by atoms with Crippen molar-refractivity contribution >= 4 is 54.9 Å². The van der Waals surface area contributed by atoms with Crippen molar-refractivity contribution in [2.45, 2.75) is 39.5 Å². The van der Waals surface area contributed by atoms with Crippen LogP contribution in [-0.4, -0.2) is 47.4 Å². The fourth-order valence-corrected chi connectivity index (χ4v) is 10.5. The maximum atomic E-state index is 3.82. The second-order valence-electron chi connectivity index (χ2n) is 9.58. The van der Waals surface area contributed by atoms with Crippen LogP contribution < -0.4 is 9.34 Å². The molecule has 0 N–H and O–H groups in total. The van der Waals surface area contributed by atoms with Crippen molar-refractivity contribution < 1.29 is 0 Å². The van der Waals surface area contributed by atoms with Crippen LogP contribution in [0.15, 0.2) is 72.8 Å². The number of nitrogens with zero attached hydrogens (tertiary/aromatic N) is 3. The third-order valence-electron chi connectivity index (χ3n) is 7.45. The van der Waals surface area contributed by atoms with E-state index in [1.165, 1.54) is 69.7 Å². The summed E-state index contributed by atoms with van der Waals surface area (Å²) in [7, 11) is 4.63. The van der Waals surface area contributed by atoms with Crippen LogP contribution in [0.25, 0.3) is 32.7 Å². The van der Waals surface area contributed by atoms with Crippen LogP contribution in [0.2, 0.25) is 0 Å². The Morgan fingerprint density at radius 1 is 0.657 bits per heavy atom. The molecular weight excluding hydrogens is 512 g/mol. The van der Waals surface area contributed by atoms with Crippen molar-refractivity contribution in [1.82, 2.24) is 4.67 Å². The fraction of sp³-hybridized carbons (Fsp3) is 0.333. The summed E-state index contributed by atoms with van der Waals surface area (Å²) >= 11 is 3.82. The molecule has 1 aliphatic heterocycles. The number of benzene rings is 4. The average Bonchev–Trinajstić information content (AvgIpc) is 2.97. The number of fused-ring (bicyclic) bond motifs is 7. The number of anilines is 2. The van der Waals surface area contributed by atoms with E-state index in [1.807, 2.05) is 0 Å². The van der Waals surface area contributed by atoms with Crippen LogP contribution >= 0.6 is 6.40 Å². The summed E-state index contributed by atoms with van der Waals surface area (Å²) in [5.41, 5.74) is 5.34. The molecule has 0 unspecified atom stereocenters. The third-order valence-corrected chi connectivity index (χ3v) is 15.1. The van der Waals surface area contributed by atoms with Crippen molar-refractivity contribution in [3.05, 3.63) is 72.8 Å². The molecular formula is C30H36N3PSe+. The summed E-state index contributed by atoms with van der Waals surface area (Å²) in [5, 5.41) is 5.23. The van der Waals surface area contributed by atoms with Crippen LogP contribution in [0.3, 0.4) is 0 Å². The molecule has 0 spiro atoms. The summed E-state index contributed by atoms with van der Waals surface area (Å²) in [5.74, 6) is 0. The molecule has 0 aliphatic carbocycles. The molecule has 0 saturated carbocycles. The minimum absolute atomic E-state index is 1.11. The Morgan fingerprint density at radius 3 is 1.51 bits per heavy atom. The van der Waals surface area contributed by atoms with E-state index in [0.717, 1.165) is 13.1 Å². The Bertz CT molecular complexity index is 1260. The van der Waals surface area contributed by atoms with Crippen LogP contribution in [-0.2, 0) is 0 Å². The number of hydrogen-bond donors (Lipinski definition) is 0. The number of hydrogen-bond acceptors (Lipinski definition) is 3. The first kappa shape index (κ1) is 24.6. The van der Waals surface area contributed by atoms with Crippen LogP contribution in [0.5, 0.6) is 0 Å².